The van der Waals surface area contributed by atoms with Crippen LogP contribution in [-0.4, -0.2) is 29.1 Å². The fourth-order valence-corrected chi connectivity index (χ4v) is 2.23. The van der Waals surface area contributed by atoms with Crippen molar-refractivity contribution in [3.8, 4) is 0 Å². The summed E-state index contributed by atoms with van der Waals surface area (Å²) in [4.78, 5) is 0. The largest absolute Gasteiger partial charge is 0.153 e. The molecule has 0 aromatic heterocycles. The monoisotopic (exact) mass is 210 g/mol. The van der Waals surface area contributed by atoms with Crippen LogP contribution in [0.4, 0.5) is 0 Å². The summed E-state index contributed by atoms with van der Waals surface area (Å²) in [6.45, 7) is 16.7. The van der Waals surface area contributed by atoms with Crippen molar-refractivity contribution in [1.82, 2.24) is 0 Å². The van der Waals surface area contributed by atoms with Crippen molar-refractivity contribution in [2.24, 2.45) is 0 Å². The molecule has 0 aliphatic rings. The smallest absolute Gasteiger partial charge is 0.0996 e. The first-order valence-corrected chi connectivity index (χ1v) is 6.39. The summed E-state index contributed by atoms with van der Waals surface area (Å²) in [6, 6.07) is 0. The Kier molecular flexibility index (Phi) is 7.97. The summed E-state index contributed by atoms with van der Waals surface area (Å²) in [6.07, 6.45) is 4.01. The van der Waals surface area contributed by atoms with Gasteiger partial charge in [0.1, 0.15) is 0 Å². The highest BCUT2D eigenvalue weighted by Crippen LogP contribution is 2.18. The van der Waals surface area contributed by atoms with Gasteiger partial charge in [-0.15, -0.1) is 0 Å². The molecule has 0 rings (SSSR count). The van der Waals surface area contributed by atoms with Crippen LogP contribution in [0.1, 0.15) is 0 Å². The lowest BCUT2D eigenvalue weighted by atomic mass is 9.48. The molecule has 0 aromatic carbocycles. The van der Waals surface area contributed by atoms with Gasteiger partial charge in [-0.2, -0.15) is 0 Å². The Balaban J connectivity index is 5.68. The van der Waals surface area contributed by atoms with Gasteiger partial charge in [0.25, 0.3) is 0 Å². The molecule has 0 atom stereocenters. The van der Waals surface area contributed by atoms with E-state index in [0.29, 0.717) is 0 Å². The minimum absolute atomic E-state index is 1.06. The van der Waals surface area contributed by atoms with E-state index in [4.69, 9.17) is 0 Å². The molecule has 4 heteroatoms. The van der Waals surface area contributed by atoms with Gasteiger partial charge in [-0.3, -0.25) is 0 Å². The van der Waals surface area contributed by atoms with E-state index in [2.05, 4.69) is 40.5 Å². The molecular weight excluding hydrogens is 187 g/mol. The van der Waals surface area contributed by atoms with Gasteiger partial charge in [-0.25, -0.2) is 0 Å². The predicted molar refractivity (Wildman–Crippen MR) is 86.5 cm³/mol. The molecule has 16 heavy (non-hydrogen) atoms. The van der Waals surface area contributed by atoms with Crippen LogP contribution < -0.4 is 0 Å². The van der Waals surface area contributed by atoms with E-state index in [1.54, 1.807) is 0 Å². The second-order valence-corrected chi connectivity index (χ2v) is 3.83. The van der Waals surface area contributed by atoms with Crippen molar-refractivity contribution in [2.45, 2.75) is 27.3 Å². The molecule has 0 spiro atoms. The van der Waals surface area contributed by atoms with Crippen molar-refractivity contribution >= 4 is 29.1 Å². The normalized spacial score (nSPS) is 13.0. The first kappa shape index (κ1) is 15.2. The average Bonchev–Trinajstić information content (AvgIpc) is 2.33. The van der Waals surface area contributed by atoms with Crippen LogP contribution >= 0.6 is 0 Å². The van der Waals surface area contributed by atoms with Crippen LogP contribution in [0.3, 0.4) is 0 Å². The van der Waals surface area contributed by atoms with E-state index in [0.717, 1.165) is 29.1 Å². The van der Waals surface area contributed by atoms with E-state index < -0.39 is 0 Å². The number of rotatable bonds is 7. The van der Waals surface area contributed by atoms with Gasteiger partial charge in [0.05, 0.1) is 0 Å². The van der Waals surface area contributed by atoms with Crippen molar-refractivity contribution in [3.63, 3.8) is 0 Å². The molecule has 0 radical (unpaired) electrons. The highest BCUT2D eigenvalue weighted by molar-refractivity contribution is 6.62. The van der Waals surface area contributed by atoms with Crippen molar-refractivity contribution in [3.05, 3.63) is 47.2 Å². The third kappa shape index (κ3) is 3.66. The molecule has 82 valence electrons. The van der Waals surface area contributed by atoms with Crippen LogP contribution in [0.15, 0.2) is 47.2 Å². The van der Waals surface area contributed by atoms with E-state index in [1.807, 2.05) is 12.2 Å². The van der Waals surface area contributed by atoms with Gasteiger partial charge in [0.2, 0.25) is 0 Å². The number of hydrogen-bond donors (Lipinski definition) is 0. The highest BCUT2D eigenvalue weighted by atomic mass is 13.9. The summed E-state index contributed by atoms with van der Waals surface area (Å²) in [5.74, 6) is 0. The summed E-state index contributed by atoms with van der Waals surface area (Å²) in [5.41, 5.74) is 5.70. The number of hydrogen-bond acceptors (Lipinski definition) is 0. The zero-order valence-electron chi connectivity index (χ0n) is 11.4. The maximum absolute atomic E-state index is 3.92. The Morgan fingerprint density at radius 2 is 1.00 bits per heavy atom. The Labute approximate surface area is 104 Å². The first-order chi connectivity index (χ1) is 7.69. The van der Waals surface area contributed by atoms with Gasteiger partial charge in [-0.1, -0.05) is 74.5 Å². The second kappa shape index (κ2) is 8.38. The first-order valence-electron chi connectivity index (χ1n) is 6.39. The summed E-state index contributed by atoms with van der Waals surface area (Å²) >= 11 is 0. The second-order valence-electron chi connectivity index (χ2n) is 3.83. The van der Waals surface area contributed by atoms with Crippen molar-refractivity contribution in [1.29, 1.82) is 0 Å². The fourth-order valence-electron chi connectivity index (χ4n) is 2.23. The third-order valence-corrected chi connectivity index (χ3v) is 3.10. The van der Waals surface area contributed by atoms with Gasteiger partial charge < -0.3 is 0 Å². The molecule has 0 aliphatic carbocycles. The molecule has 0 nitrogen and oxygen atoms in total. The minimum atomic E-state index is 1.06. The lowest BCUT2D eigenvalue weighted by Crippen LogP contribution is -2.11. The van der Waals surface area contributed by atoms with Crippen molar-refractivity contribution in [2.75, 3.05) is 0 Å². The van der Waals surface area contributed by atoms with Crippen LogP contribution in [0, 0.1) is 0 Å². The lowest BCUT2D eigenvalue weighted by Gasteiger charge is -2.16. The van der Waals surface area contributed by atoms with Crippen LogP contribution in [-0.2, 0) is 0 Å². The molecule has 0 N–H and O–H groups in total. The quantitative estimate of drug-likeness (QED) is 0.442. The van der Waals surface area contributed by atoms with Crippen LogP contribution in [0.5, 0.6) is 0 Å². The Morgan fingerprint density at radius 1 is 0.688 bits per heavy atom. The van der Waals surface area contributed by atoms with E-state index in [1.165, 1.54) is 21.9 Å². The molecule has 0 saturated carbocycles. The topological polar surface area (TPSA) is 0 Å². The summed E-state index contributed by atoms with van der Waals surface area (Å²) in [5, 5.41) is 0. The summed E-state index contributed by atoms with van der Waals surface area (Å²) < 4.78 is 0. The highest BCUT2D eigenvalue weighted by Gasteiger charge is 2.10. The SMILES string of the molecule is C=C/C(BC)=C(BC)\C(BC)=C(\BC)C=C. The van der Waals surface area contributed by atoms with Crippen LogP contribution in [0.2, 0.25) is 27.3 Å². The standard InChI is InChI=1S/C12H22B4/c1-7-9(13-3)11(15-5)12(16-6)10(8-2)14-4/h7-8,13-16H,1-2H2,3-6H3/b11-9-,12-10-. The molecule has 0 bridgehead atoms. The third-order valence-electron chi connectivity index (χ3n) is 3.10. The van der Waals surface area contributed by atoms with Gasteiger partial charge in [-0.05, 0) is 0 Å². The zero-order valence-corrected chi connectivity index (χ0v) is 11.4. The van der Waals surface area contributed by atoms with Crippen LogP contribution in [0.25, 0.3) is 0 Å². The van der Waals surface area contributed by atoms with E-state index in [9.17, 15) is 0 Å². The molecule has 0 saturated heterocycles. The van der Waals surface area contributed by atoms with E-state index in [-0.39, 0.29) is 0 Å². The van der Waals surface area contributed by atoms with Gasteiger partial charge in [0.15, 0.2) is 29.1 Å². The molecule has 0 fully saturated rings. The molecular formula is C12H22B4. The number of allylic oxidation sites excluding steroid dienone is 6. The maximum atomic E-state index is 3.92. The Hall–Kier alpha value is -0.780. The molecule has 0 aromatic rings. The average molecular weight is 210 g/mol. The van der Waals surface area contributed by atoms with Crippen molar-refractivity contribution < 1.29 is 0 Å². The molecule has 0 amide bonds. The Bertz CT molecular complexity index is 281. The zero-order chi connectivity index (χ0) is 12.6. The van der Waals surface area contributed by atoms with E-state index >= 15 is 0 Å². The maximum Gasteiger partial charge on any atom is 0.153 e. The minimum Gasteiger partial charge on any atom is -0.0996 e. The Morgan fingerprint density at radius 3 is 1.12 bits per heavy atom. The summed E-state index contributed by atoms with van der Waals surface area (Å²) in [7, 11) is 4.28. The lowest BCUT2D eigenvalue weighted by molar-refractivity contribution is 1.65. The van der Waals surface area contributed by atoms with Gasteiger partial charge >= 0.3 is 0 Å². The van der Waals surface area contributed by atoms with Gasteiger partial charge in [0, 0.05) is 0 Å². The molecule has 0 aliphatic heterocycles. The predicted octanol–water partition coefficient (Wildman–Crippen LogP) is 1.72. The molecule has 0 unspecified atom stereocenters. The fraction of sp³-hybridized carbons (Fsp3) is 0.333. The molecule has 0 heterocycles.